The molecule has 0 fully saturated rings. The molecule has 3 rings (SSSR count). The van der Waals surface area contributed by atoms with Crippen molar-refractivity contribution in [1.29, 1.82) is 0 Å². The van der Waals surface area contributed by atoms with Gasteiger partial charge in [0.05, 0.1) is 17.9 Å². The first-order valence-corrected chi connectivity index (χ1v) is 10.5. The summed E-state index contributed by atoms with van der Waals surface area (Å²) in [6.45, 7) is 3.22. The van der Waals surface area contributed by atoms with Crippen LogP contribution in [0.4, 0.5) is 4.79 Å². The van der Waals surface area contributed by atoms with Crippen molar-refractivity contribution in [3.05, 3.63) is 72.4 Å². The van der Waals surface area contributed by atoms with E-state index in [1.165, 1.54) is 0 Å². The van der Waals surface area contributed by atoms with E-state index in [4.69, 9.17) is 5.10 Å². The Labute approximate surface area is 183 Å². The molecule has 0 atom stereocenters. The number of hydrogen-bond acceptors (Lipinski definition) is 4. The van der Waals surface area contributed by atoms with Crippen LogP contribution in [0.3, 0.4) is 0 Å². The van der Waals surface area contributed by atoms with Crippen LogP contribution >= 0.6 is 0 Å². The van der Waals surface area contributed by atoms with E-state index in [1.54, 1.807) is 0 Å². The number of nitrogens with zero attached hydrogens (tertiary/aromatic N) is 3. The van der Waals surface area contributed by atoms with Gasteiger partial charge in [-0.15, -0.1) is 0 Å². The van der Waals surface area contributed by atoms with Crippen LogP contribution in [0.15, 0.2) is 66.9 Å². The smallest absolute Gasteiger partial charge is 0.321 e. The average molecular weight is 420 g/mol. The van der Waals surface area contributed by atoms with Crippen molar-refractivity contribution in [2.24, 2.45) is 0 Å². The Morgan fingerprint density at radius 3 is 2.39 bits per heavy atom. The molecule has 0 aliphatic carbocycles. The standard InChI is InChI=1S/C24H29N5O2/c1-3-4-15-25-24(31)26-22(30)18-28(2)16-20-17-29(21-13-9-6-10-14-21)27-23(20)19-11-7-5-8-12-19/h5-14,17H,3-4,15-16,18H2,1-2H3,(H2,25,26,30,31). The number of benzene rings is 2. The van der Waals surface area contributed by atoms with Gasteiger partial charge in [-0.3, -0.25) is 15.0 Å². The van der Waals surface area contributed by atoms with Crippen molar-refractivity contribution in [2.75, 3.05) is 20.1 Å². The molecule has 31 heavy (non-hydrogen) atoms. The largest absolute Gasteiger partial charge is 0.338 e. The molecule has 2 N–H and O–H groups in total. The lowest BCUT2D eigenvalue weighted by Crippen LogP contribution is -2.43. The first kappa shape index (κ1) is 22.2. The zero-order chi connectivity index (χ0) is 22.1. The maximum absolute atomic E-state index is 12.2. The molecule has 7 heteroatoms. The Hall–Kier alpha value is -3.45. The number of urea groups is 1. The second kappa shape index (κ2) is 11.1. The summed E-state index contributed by atoms with van der Waals surface area (Å²) in [5.74, 6) is -0.340. The van der Waals surface area contributed by atoms with Crippen molar-refractivity contribution >= 4 is 11.9 Å². The molecular weight excluding hydrogens is 390 g/mol. The molecule has 3 amide bonds. The molecule has 3 aromatic rings. The minimum Gasteiger partial charge on any atom is -0.338 e. The van der Waals surface area contributed by atoms with Gasteiger partial charge in [0.15, 0.2) is 0 Å². The lowest BCUT2D eigenvalue weighted by Gasteiger charge is -2.16. The number of aromatic nitrogens is 2. The second-order valence-electron chi connectivity index (χ2n) is 7.48. The number of unbranched alkanes of at least 4 members (excludes halogenated alkanes) is 1. The van der Waals surface area contributed by atoms with E-state index in [1.807, 2.05) is 90.4 Å². The fraction of sp³-hybridized carbons (Fsp3) is 0.292. The summed E-state index contributed by atoms with van der Waals surface area (Å²) >= 11 is 0. The topological polar surface area (TPSA) is 79.3 Å². The highest BCUT2D eigenvalue weighted by molar-refractivity contribution is 5.95. The number of amides is 3. The Morgan fingerprint density at radius 1 is 1.03 bits per heavy atom. The molecule has 0 aliphatic rings. The Balaban J connectivity index is 1.70. The summed E-state index contributed by atoms with van der Waals surface area (Å²) in [7, 11) is 1.85. The van der Waals surface area contributed by atoms with Gasteiger partial charge in [-0.25, -0.2) is 9.48 Å². The molecule has 7 nitrogen and oxygen atoms in total. The predicted octanol–water partition coefficient (Wildman–Crippen LogP) is 3.60. The third kappa shape index (κ3) is 6.52. The quantitative estimate of drug-likeness (QED) is 0.520. The van der Waals surface area contributed by atoms with Crippen LogP contribution < -0.4 is 10.6 Å². The number of hydrogen-bond donors (Lipinski definition) is 2. The van der Waals surface area contributed by atoms with E-state index < -0.39 is 6.03 Å². The molecule has 0 spiro atoms. The zero-order valence-corrected chi connectivity index (χ0v) is 18.0. The normalized spacial score (nSPS) is 10.8. The van der Waals surface area contributed by atoms with E-state index in [9.17, 15) is 9.59 Å². The van der Waals surface area contributed by atoms with E-state index >= 15 is 0 Å². The molecular formula is C24H29N5O2. The Kier molecular flexibility index (Phi) is 7.95. The Bertz CT molecular complexity index is 986. The van der Waals surface area contributed by atoms with Crippen LogP contribution in [0.2, 0.25) is 0 Å². The highest BCUT2D eigenvalue weighted by atomic mass is 16.2. The molecule has 0 saturated heterocycles. The molecule has 2 aromatic carbocycles. The molecule has 0 saturated carbocycles. The van der Waals surface area contributed by atoms with Crippen molar-refractivity contribution < 1.29 is 9.59 Å². The van der Waals surface area contributed by atoms with Crippen molar-refractivity contribution in [3.63, 3.8) is 0 Å². The fourth-order valence-corrected chi connectivity index (χ4v) is 3.26. The van der Waals surface area contributed by atoms with Crippen LogP contribution in [-0.4, -0.2) is 46.8 Å². The number of rotatable bonds is 9. The molecule has 0 radical (unpaired) electrons. The van der Waals surface area contributed by atoms with Gasteiger partial charge in [0.25, 0.3) is 0 Å². The highest BCUT2D eigenvalue weighted by Gasteiger charge is 2.16. The van der Waals surface area contributed by atoms with E-state index in [2.05, 4.69) is 10.6 Å². The lowest BCUT2D eigenvalue weighted by atomic mass is 10.1. The molecule has 0 unspecified atom stereocenters. The summed E-state index contributed by atoms with van der Waals surface area (Å²) in [5.41, 5.74) is 3.85. The number of nitrogens with one attached hydrogen (secondary N) is 2. The van der Waals surface area contributed by atoms with Gasteiger partial charge in [-0.2, -0.15) is 5.10 Å². The number of likely N-dealkylation sites (N-methyl/N-ethyl adjacent to an activating group) is 1. The van der Waals surface area contributed by atoms with Gasteiger partial charge in [0, 0.05) is 30.4 Å². The summed E-state index contributed by atoms with van der Waals surface area (Å²) in [6.07, 6.45) is 3.86. The van der Waals surface area contributed by atoms with Gasteiger partial charge in [-0.1, -0.05) is 61.9 Å². The average Bonchev–Trinajstić information content (AvgIpc) is 3.18. The van der Waals surface area contributed by atoms with Crippen LogP contribution in [0, 0.1) is 0 Å². The molecule has 0 aliphatic heterocycles. The zero-order valence-electron chi connectivity index (χ0n) is 18.0. The van der Waals surface area contributed by atoms with E-state index in [0.717, 1.165) is 35.3 Å². The van der Waals surface area contributed by atoms with Gasteiger partial charge >= 0.3 is 6.03 Å². The fourth-order valence-electron chi connectivity index (χ4n) is 3.26. The number of para-hydroxylation sites is 1. The number of imide groups is 1. The Morgan fingerprint density at radius 2 is 1.71 bits per heavy atom. The lowest BCUT2D eigenvalue weighted by molar-refractivity contribution is -0.120. The van der Waals surface area contributed by atoms with Gasteiger partial charge in [-0.05, 0) is 25.6 Å². The van der Waals surface area contributed by atoms with E-state index in [0.29, 0.717) is 13.1 Å². The van der Waals surface area contributed by atoms with Crippen LogP contribution in [-0.2, 0) is 11.3 Å². The maximum atomic E-state index is 12.2. The third-order valence-corrected chi connectivity index (χ3v) is 4.78. The van der Waals surface area contributed by atoms with Gasteiger partial charge in [0.1, 0.15) is 0 Å². The van der Waals surface area contributed by atoms with Crippen molar-refractivity contribution in [2.45, 2.75) is 26.3 Å². The maximum Gasteiger partial charge on any atom is 0.321 e. The summed E-state index contributed by atoms with van der Waals surface area (Å²) in [4.78, 5) is 25.9. The van der Waals surface area contributed by atoms with Gasteiger partial charge < -0.3 is 5.32 Å². The van der Waals surface area contributed by atoms with Gasteiger partial charge in [0.2, 0.25) is 5.91 Å². The minimum atomic E-state index is -0.450. The summed E-state index contributed by atoms with van der Waals surface area (Å²) < 4.78 is 1.85. The van der Waals surface area contributed by atoms with Crippen molar-refractivity contribution in [3.8, 4) is 16.9 Å². The van der Waals surface area contributed by atoms with Crippen LogP contribution in [0.5, 0.6) is 0 Å². The number of carbonyl (C=O) groups is 2. The molecule has 0 bridgehead atoms. The predicted molar refractivity (Wildman–Crippen MR) is 122 cm³/mol. The highest BCUT2D eigenvalue weighted by Crippen LogP contribution is 2.24. The summed E-state index contributed by atoms with van der Waals surface area (Å²) in [5, 5.41) is 9.87. The summed E-state index contributed by atoms with van der Waals surface area (Å²) in [6, 6.07) is 19.4. The first-order chi connectivity index (χ1) is 15.1. The SMILES string of the molecule is CCCCNC(=O)NC(=O)CN(C)Cc1cn(-c2ccccc2)nc1-c1ccccc1. The molecule has 1 heterocycles. The van der Waals surface area contributed by atoms with E-state index in [-0.39, 0.29) is 12.5 Å². The minimum absolute atomic E-state index is 0.103. The first-order valence-electron chi connectivity index (χ1n) is 10.5. The monoisotopic (exact) mass is 419 g/mol. The number of carbonyl (C=O) groups excluding carboxylic acids is 2. The van der Waals surface area contributed by atoms with Crippen LogP contribution in [0.25, 0.3) is 16.9 Å². The third-order valence-electron chi connectivity index (χ3n) is 4.78. The second-order valence-corrected chi connectivity index (χ2v) is 7.48. The van der Waals surface area contributed by atoms with Crippen LogP contribution in [0.1, 0.15) is 25.3 Å². The molecule has 1 aromatic heterocycles. The van der Waals surface area contributed by atoms with Crippen molar-refractivity contribution in [1.82, 2.24) is 25.3 Å². The molecule has 162 valence electrons.